The summed E-state index contributed by atoms with van der Waals surface area (Å²) in [5.74, 6) is 0. The molecular weight excluding hydrogens is 128 g/mol. The van der Waals surface area contributed by atoms with Crippen LogP contribution >= 0.6 is 0 Å². The molecule has 0 aliphatic heterocycles. The molecule has 4 nitrogen and oxygen atoms in total. The number of hydrogen-bond donors (Lipinski definition) is 2. The summed E-state index contributed by atoms with van der Waals surface area (Å²) in [4.78, 5) is 0. The number of hydrogen-bond acceptors (Lipinski definition) is 3. The van der Waals surface area contributed by atoms with Crippen molar-refractivity contribution in [2.45, 2.75) is 6.92 Å². The lowest BCUT2D eigenvalue weighted by atomic mass is 10.6. The van der Waals surface area contributed by atoms with E-state index in [4.69, 9.17) is 0 Å². The minimum absolute atomic E-state index is 0.775. The standard InChI is InChI=1S/C6H19N4/c1-6-10(4,5)8-9(3)7-2/h7-8H,6H2,1-5H3/q+1. The molecule has 0 aromatic rings. The normalized spacial score (nSPS) is 12.6. The van der Waals surface area contributed by atoms with Gasteiger partial charge in [0.2, 0.25) is 0 Å². The molecule has 0 rings (SSSR count). The first kappa shape index (κ1) is 9.84. The van der Waals surface area contributed by atoms with Crippen LogP contribution in [0.3, 0.4) is 0 Å². The van der Waals surface area contributed by atoms with Crippen molar-refractivity contribution < 1.29 is 4.59 Å². The highest BCUT2D eigenvalue weighted by molar-refractivity contribution is 4.17. The van der Waals surface area contributed by atoms with E-state index in [0.29, 0.717) is 0 Å². The molecule has 0 atom stereocenters. The number of rotatable bonds is 4. The summed E-state index contributed by atoms with van der Waals surface area (Å²) in [5, 5.41) is 1.84. The molecule has 0 unspecified atom stereocenters. The van der Waals surface area contributed by atoms with Crippen LogP contribution in [0.2, 0.25) is 0 Å². The van der Waals surface area contributed by atoms with Gasteiger partial charge < -0.3 is 0 Å². The quantitative estimate of drug-likeness (QED) is 0.417. The third-order valence-corrected chi connectivity index (χ3v) is 1.55. The topological polar surface area (TPSA) is 27.3 Å². The van der Waals surface area contributed by atoms with Gasteiger partial charge in [-0.1, -0.05) is 5.53 Å². The van der Waals surface area contributed by atoms with E-state index >= 15 is 0 Å². The zero-order valence-electron chi connectivity index (χ0n) is 7.60. The Bertz CT molecular complexity index is 91.7. The van der Waals surface area contributed by atoms with Crippen molar-refractivity contribution in [3.63, 3.8) is 0 Å². The van der Waals surface area contributed by atoms with Gasteiger partial charge in [0.15, 0.2) is 0 Å². The number of hydrazine groups is 2. The van der Waals surface area contributed by atoms with Crippen LogP contribution in [-0.4, -0.2) is 44.4 Å². The lowest BCUT2D eigenvalue weighted by Gasteiger charge is -2.31. The van der Waals surface area contributed by atoms with Crippen LogP contribution in [0.5, 0.6) is 0 Å². The average molecular weight is 147 g/mol. The second-order valence-electron chi connectivity index (χ2n) is 2.88. The molecule has 10 heavy (non-hydrogen) atoms. The largest absolute Gasteiger partial charge is 0.241 e. The molecule has 0 aliphatic rings. The molecule has 0 saturated carbocycles. The molecule has 0 saturated heterocycles. The van der Waals surface area contributed by atoms with Crippen molar-refractivity contribution in [3.8, 4) is 0 Å². The summed E-state index contributed by atoms with van der Waals surface area (Å²) in [6.45, 7) is 3.18. The van der Waals surface area contributed by atoms with Crippen molar-refractivity contribution in [1.29, 1.82) is 0 Å². The predicted octanol–water partition coefficient (Wildman–Crippen LogP) is -0.431. The highest BCUT2D eigenvalue weighted by Crippen LogP contribution is 1.87. The molecule has 0 radical (unpaired) electrons. The van der Waals surface area contributed by atoms with Gasteiger partial charge in [0.05, 0.1) is 20.6 Å². The summed E-state index contributed by atoms with van der Waals surface area (Å²) in [5.41, 5.74) is 6.18. The summed E-state index contributed by atoms with van der Waals surface area (Å²) in [6.07, 6.45) is 0. The van der Waals surface area contributed by atoms with E-state index in [1.807, 2.05) is 19.2 Å². The van der Waals surface area contributed by atoms with E-state index in [0.717, 1.165) is 11.1 Å². The number of quaternary nitrogens is 1. The van der Waals surface area contributed by atoms with Crippen LogP contribution in [0.25, 0.3) is 0 Å². The lowest BCUT2D eigenvalue weighted by Crippen LogP contribution is -2.60. The summed E-state index contributed by atoms with van der Waals surface area (Å²) < 4.78 is 0.775. The second kappa shape index (κ2) is 3.88. The third kappa shape index (κ3) is 3.79. The fraction of sp³-hybridized carbons (Fsp3) is 1.00. The van der Waals surface area contributed by atoms with Crippen molar-refractivity contribution in [2.75, 3.05) is 34.7 Å². The first-order chi connectivity index (χ1) is 4.52. The number of nitrogens with zero attached hydrogens (tertiary/aromatic N) is 2. The minimum atomic E-state index is 0.775. The lowest BCUT2D eigenvalue weighted by molar-refractivity contribution is -0.948. The van der Waals surface area contributed by atoms with Crippen molar-refractivity contribution in [3.05, 3.63) is 0 Å². The van der Waals surface area contributed by atoms with E-state index < -0.39 is 0 Å². The molecule has 2 N–H and O–H groups in total. The summed E-state index contributed by atoms with van der Waals surface area (Å²) in [7, 11) is 8.03. The van der Waals surface area contributed by atoms with Gasteiger partial charge in [0, 0.05) is 14.1 Å². The fourth-order valence-corrected chi connectivity index (χ4v) is 0.527. The van der Waals surface area contributed by atoms with Crippen LogP contribution in [0.4, 0.5) is 0 Å². The molecule has 4 heteroatoms. The van der Waals surface area contributed by atoms with Crippen molar-refractivity contribution in [1.82, 2.24) is 16.1 Å². The molecule has 0 aromatic heterocycles. The Labute approximate surface area is 63.3 Å². The average Bonchev–Trinajstić information content (AvgIpc) is 1.87. The second-order valence-corrected chi connectivity index (χ2v) is 2.88. The first-order valence-electron chi connectivity index (χ1n) is 3.54. The minimum Gasteiger partial charge on any atom is -0.241 e. The van der Waals surface area contributed by atoms with Crippen molar-refractivity contribution >= 4 is 0 Å². The van der Waals surface area contributed by atoms with Crippen LogP contribution in [0, 0.1) is 0 Å². The van der Waals surface area contributed by atoms with Crippen molar-refractivity contribution in [2.24, 2.45) is 0 Å². The fourth-order valence-electron chi connectivity index (χ4n) is 0.527. The first-order valence-corrected chi connectivity index (χ1v) is 3.54. The van der Waals surface area contributed by atoms with Gasteiger partial charge in [-0.15, -0.1) is 5.12 Å². The van der Waals surface area contributed by atoms with Gasteiger partial charge >= 0.3 is 0 Å². The maximum Gasteiger partial charge on any atom is 0.0941 e. The van der Waals surface area contributed by atoms with Crippen LogP contribution < -0.4 is 11.0 Å². The molecule has 0 aliphatic carbocycles. The Hall–Kier alpha value is -0.160. The van der Waals surface area contributed by atoms with E-state index in [9.17, 15) is 0 Å². The maximum absolute atomic E-state index is 3.22. The Morgan fingerprint density at radius 2 is 1.90 bits per heavy atom. The molecule has 62 valence electrons. The highest BCUT2D eigenvalue weighted by atomic mass is 15.9. The smallest absolute Gasteiger partial charge is 0.0941 e. The molecule has 0 amide bonds. The van der Waals surface area contributed by atoms with E-state index in [2.05, 4.69) is 32.0 Å². The maximum atomic E-state index is 3.22. The monoisotopic (exact) mass is 147 g/mol. The Kier molecular flexibility index (Phi) is 3.81. The third-order valence-electron chi connectivity index (χ3n) is 1.55. The molecule has 0 fully saturated rings. The zero-order valence-corrected chi connectivity index (χ0v) is 7.60. The van der Waals surface area contributed by atoms with Gasteiger partial charge in [-0.05, 0) is 6.92 Å². The van der Waals surface area contributed by atoms with E-state index in [-0.39, 0.29) is 0 Å². The summed E-state index contributed by atoms with van der Waals surface area (Å²) in [6, 6.07) is 0. The number of nitrogens with one attached hydrogen (secondary N) is 2. The molecular formula is C6H19N4+. The van der Waals surface area contributed by atoms with Gasteiger partial charge in [0.1, 0.15) is 0 Å². The summed E-state index contributed by atoms with van der Waals surface area (Å²) >= 11 is 0. The van der Waals surface area contributed by atoms with E-state index in [1.54, 1.807) is 0 Å². The van der Waals surface area contributed by atoms with Crippen LogP contribution in [0.15, 0.2) is 0 Å². The van der Waals surface area contributed by atoms with Gasteiger partial charge in [-0.25, -0.2) is 10.0 Å². The molecule has 0 aromatic carbocycles. The Morgan fingerprint density at radius 3 is 2.20 bits per heavy atom. The van der Waals surface area contributed by atoms with Gasteiger partial charge in [-0.2, -0.15) is 0 Å². The molecule has 0 bridgehead atoms. The zero-order chi connectivity index (χ0) is 8.20. The molecule has 0 heterocycles. The van der Waals surface area contributed by atoms with E-state index in [1.165, 1.54) is 0 Å². The Balaban J connectivity index is 3.64. The Morgan fingerprint density at radius 1 is 1.40 bits per heavy atom. The predicted molar refractivity (Wildman–Crippen MR) is 42.6 cm³/mol. The van der Waals surface area contributed by atoms with Crippen LogP contribution in [0.1, 0.15) is 6.92 Å². The van der Waals surface area contributed by atoms with Gasteiger partial charge in [-0.3, -0.25) is 0 Å². The van der Waals surface area contributed by atoms with Crippen LogP contribution in [-0.2, 0) is 0 Å². The molecule has 0 spiro atoms. The van der Waals surface area contributed by atoms with Gasteiger partial charge in [0.25, 0.3) is 0 Å². The highest BCUT2D eigenvalue weighted by Gasteiger charge is 2.12. The SMILES string of the molecule is CC[N+](C)(C)NN(C)NC.